The number of hydrogen-bond donors (Lipinski definition) is 2. The van der Waals surface area contributed by atoms with E-state index in [1.165, 1.54) is 6.20 Å². The summed E-state index contributed by atoms with van der Waals surface area (Å²) < 4.78 is 11.4. The zero-order chi connectivity index (χ0) is 15.4. The second-order valence-electron chi connectivity index (χ2n) is 4.89. The van der Waals surface area contributed by atoms with Gasteiger partial charge in [0.1, 0.15) is 5.56 Å². The summed E-state index contributed by atoms with van der Waals surface area (Å²) in [4.78, 5) is 15.5. The van der Waals surface area contributed by atoms with Crippen molar-refractivity contribution in [3.8, 4) is 0 Å². The van der Waals surface area contributed by atoms with Crippen LogP contribution in [0.1, 0.15) is 23.7 Å². The van der Waals surface area contributed by atoms with Gasteiger partial charge in [-0.05, 0) is 12.5 Å². The number of para-hydroxylation sites is 1. The first kappa shape index (κ1) is 15.4. The molecular weight excluding hydrogens is 288 g/mol. The van der Waals surface area contributed by atoms with E-state index in [1.54, 1.807) is 6.26 Å². The predicted molar refractivity (Wildman–Crippen MR) is 85.3 cm³/mol. The smallest absolute Gasteiger partial charge is 0.339 e. The van der Waals surface area contributed by atoms with Crippen molar-refractivity contribution >= 4 is 33.4 Å². The van der Waals surface area contributed by atoms with Gasteiger partial charge in [-0.15, -0.1) is 0 Å². The summed E-state index contributed by atoms with van der Waals surface area (Å²) >= 11 is 0. The molecule has 2 N–H and O–H groups in total. The van der Waals surface area contributed by atoms with Gasteiger partial charge in [-0.2, -0.15) is 0 Å². The summed E-state index contributed by atoms with van der Waals surface area (Å²) in [5, 5.41) is 13.3. The summed E-state index contributed by atoms with van der Waals surface area (Å²) in [6, 6.07) is 7.40. The van der Waals surface area contributed by atoms with Crippen molar-refractivity contribution in [2.45, 2.75) is 18.6 Å². The van der Waals surface area contributed by atoms with Gasteiger partial charge in [-0.25, -0.2) is 4.79 Å². The maximum Gasteiger partial charge on any atom is 0.339 e. The van der Waals surface area contributed by atoms with E-state index >= 15 is 0 Å². The number of pyridine rings is 1. The van der Waals surface area contributed by atoms with E-state index in [0.29, 0.717) is 18.7 Å². The van der Waals surface area contributed by atoms with Gasteiger partial charge in [0.05, 0.1) is 11.2 Å². The number of nitrogens with one attached hydrogen (secondary N) is 1. The first-order chi connectivity index (χ1) is 10.0. The van der Waals surface area contributed by atoms with Crippen molar-refractivity contribution in [2.24, 2.45) is 0 Å². The number of carboxylic acid groups (broad SMARTS) is 1. The Hall–Kier alpha value is -1.95. The number of benzene rings is 1. The van der Waals surface area contributed by atoms with Crippen molar-refractivity contribution in [1.29, 1.82) is 0 Å². The van der Waals surface area contributed by atoms with Gasteiger partial charge < -0.3 is 10.4 Å². The molecule has 1 aromatic carbocycles. The maximum atomic E-state index is 11.4. The molecule has 0 aliphatic heterocycles. The molecule has 0 bridgehead atoms. The number of nitrogens with zero attached hydrogens (tertiary/aromatic N) is 1. The van der Waals surface area contributed by atoms with E-state index in [2.05, 4.69) is 10.3 Å². The minimum absolute atomic E-state index is 0.0684. The van der Waals surface area contributed by atoms with E-state index in [-0.39, 0.29) is 10.8 Å². The monoisotopic (exact) mass is 306 g/mol. The Morgan fingerprint density at radius 3 is 2.81 bits per heavy atom. The molecule has 0 aliphatic rings. The standard InChI is InChI=1S/C15H18N2O3S/c1-10(21(2)20)7-8-16-14-11-5-3-4-6-13(11)17-9-12(14)15(18)19/h3-6,9-10H,7-8H2,1-2H3,(H,16,17)(H,18,19). The van der Waals surface area contributed by atoms with E-state index in [9.17, 15) is 14.1 Å². The molecule has 2 atom stereocenters. The number of hydrogen-bond acceptors (Lipinski definition) is 4. The average molecular weight is 306 g/mol. The fourth-order valence-corrected chi connectivity index (χ4v) is 2.51. The maximum absolute atomic E-state index is 11.4. The number of rotatable bonds is 6. The highest BCUT2D eigenvalue weighted by atomic mass is 32.2. The summed E-state index contributed by atoms with van der Waals surface area (Å²) in [5.41, 5.74) is 1.47. The molecule has 0 saturated carbocycles. The van der Waals surface area contributed by atoms with Crippen LogP contribution in [0.2, 0.25) is 0 Å². The lowest BCUT2D eigenvalue weighted by Crippen LogP contribution is -2.16. The zero-order valence-electron chi connectivity index (χ0n) is 12.0. The minimum atomic E-state index is -1.01. The Bertz CT molecular complexity index is 688. The molecule has 6 heteroatoms. The molecule has 0 aliphatic carbocycles. The van der Waals surface area contributed by atoms with Crippen LogP contribution in [0.4, 0.5) is 5.69 Å². The molecule has 2 rings (SSSR count). The molecule has 1 heterocycles. The Kier molecular flexibility index (Phi) is 4.90. The van der Waals surface area contributed by atoms with Gasteiger partial charge in [0.25, 0.3) is 0 Å². The molecule has 5 nitrogen and oxygen atoms in total. The molecule has 1 aromatic heterocycles. The van der Waals surface area contributed by atoms with Gasteiger partial charge in [0.2, 0.25) is 0 Å². The largest absolute Gasteiger partial charge is 0.478 e. The quantitative estimate of drug-likeness (QED) is 0.857. The van der Waals surface area contributed by atoms with Crippen LogP contribution in [0.25, 0.3) is 10.9 Å². The van der Waals surface area contributed by atoms with Crippen LogP contribution < -0.4 is 5.32 Å². The highest BCUT2D eigenvalue weighted by Gasteiger charge is 2.14. The number of anilines is 1. The molecule has 2 aromatic rings. The second-order valence-corrected chi connectivity index (χ2v) is 6.70. The van der Waals surface area contributed by atoms with Crippen molar-refractivity contribution in [3.63, 3.8) is 0 Å². The van der Waals surface area contributed by atoms with Gasteiger partial charge in [0.15, 0.2) is 0 Å². The first-order valence-corrected chi connectivity index (χ1v) is 8.30. The number of aromatic nitrogens is 1. The lowest BCUT2D eigenvalue weighted by molar-refractivity contribution is 0.0697. The number of carboxylic acids is 1. The summed E-state index contributed by atoms with van der Waals surface area (Å²) in [7, 11) is -0.878. The third-order valence-electron chi connectivity index (χ3n) is 3.43. The van der Waals surface area contributed by atoms with Gasteiger partial charge >= 0.3 is 5.97 Å². The second kappa shape index (κ2) is 6.67. The van der Waals surface area contributed by atoms with Crippen LogP contribution in [0.15, 0.2) is 30.5 Å². The van der Waals surface area contributed by atoms with Gasteiger partial charge in [-0.3, -0.25) is 9.19 Å². The predicted octanol–water partition coefficient (Wildman–Crippen LogP) is 2.50. The van der Waals surface area contributed by atoms with Crippen LogP contribution >= 0.6 is 0 Å². The van der Waals surface area contributed by atoms with Gasteiger partial charge in [0, 0.05) is 40.4 Å². The third kappa shape index (κ3) is 3.58. The summed E-state index contributed by atoms with van der Waals surface area (Å²) in [6.07, 6.45) is 3.75. The zero-order valence-corrected chi connectivity index (χ0v) is 12.8. The normalized spacial score (nSPS) is 13.8. The average Bonchev–Trinajstić information content (AvgIpc) is 2.46. The fraction of sp³-hybridized carbons (Fsp3) is 0.333. The van der Waals surface area contributed by atoms with E-state index in [4.69, 9.17) is 0 Å². The van der Waals surface area contributed by atoms with Crippen molar-refractivity contribution in [2.75, 3.05) is 18.1 Å². The topological polar surface area (TPSA) is 79.3 Å². The van der Waals surface area contributed by atoms with Crippen molar-refractivity contribution in [3.05, 3.63) is 36.0 Å². The molecule has 0 saturated heterocycles. The van der Waals surface area contributed by atoms with E-state index in [0.717, 1.165) is 10.9 Å². The Labute approximate surface area is 125 Å². The Balaban J connectivity index is 2.29. The van der Waals surface area contributed by atoms with Crippen LogP contribution in [0.5, 0.6) is 0 Å². The molecule has 112 valence electrons. The molecule has 0 spiro atoms. The van der Waals surface area contributed by atoms with E-state index < -0.39 is 16.8 Å². The Morgan fingerprint density at radius 1 is 1.43 bits per heavy atom. The molecular formula is C15H18N2O3S. The molecule has 21 heavy (non-hydrogen) atoms. The van der Waals surface area contributed by atoms with Crippen LogP contribution in [-0.4, -0.2) is 38.3 Å². The fourth-order valence-electron chi connectivity index (χ4n) is 2.06. The summed E-state index contributed by atoms with van der Waals surface area (Å²) in [6.45, 7) is 2.48. The molecule has 0 radical (unpaired) electrons. The lowest BCUT2D eigenvalue weighted by atomic mass is 10.1. The molecule has 2 unspecified atom stereocenters. The summed E-state index contributed by atoms with van der Waals surface area (Å²) in [5.74, 6) is -1.01. The number of carbonyl (C=O) groups is 1. The minimum Gasteiger partial charge on any atom is -0.478 e. The lowest BCUT2D eigenvalue weighted by Gasteiger charge is -2.14. The Morgan fingerprint density at radius 2 is 2.14 bits per heavy atom. The van der Waals surface area contributed by atoms with Crippen LogP contribution in [0.3, 0.4) is 0 Å². The van der Waals surface area contributed by atoms with Gasteiger partial charge in [-0.1, -0.05) is 25.1 Å². The highest BCUT2D eigenvalue weighted by Crippen LogP contribution is 2.26. The number of aromatic carboxylic acids is 1. The van der Waals surface area contributed by atoms with Crippen molar-refractivity contribution < 1.29 is 14.1 Å². The SMILES string of the molecule is CC(CCNc1c(C(=O)O)cnc2ccccc12)S(C)=O. The molecule has 0 fully saturated rings. The highest BCUT2D eigenvalue weighted by molar-refractivity contribution is 7.84. The first-order valence-electron chi connectivity index (χ1n) is 6.68. The van der Waals surface area contributed by atoms with Crippen molar-refractivity contribution in [1.82, 2.24) is 4.98 Å². The number of fused-ring (bicyclic) bond motifs is 1. The molecule has 0 amide bonds. The third-order valence-corrected chi connectivity index (χ3v) is 4.79. The van der Waals surface area contributed by atoms with E-state index in [1.807, 2.05) is 31.2 Å². The van der Waals surface area contributed by atoms with Crippen LogP contribution in [0, 0.1) is 0 Å². The van der Waals surface area contributed by atoms with Crippen LogP contribution in [-0.2, 0) is 10.8 Å².